The summed E-state index contributed by atoms with van der Waals surface area (Å²) in [7, 11) is 0. The molecule has 0 spiro atoms. The van der Waals surface area contributed by atoms with Gasteiger partial charge >= 0.3 is 0 Å². The second-order valence-corrected chi connectivity index (χ2v) is 7.78. The van der Waals surface area contributed by atoms with E-state index < -0.39 is 0 Å². The van der Waals surface area contributed by atoms with Crippen molar-refractivity contribution in [3.05, 3.63) is 96.1 Å². The van der Waals surface area contributed by atoms with Crippen LogP contribution in [0.3, 0.4) is 0 Å². The number of amides is 1. The van der Waals surface area contributed by atoms with Gasteiger partial charge in [0.25, 0.3) is 5.91 Å². The number of aryl methyl sites for hydroxylation is 1. The Hall–Kier alpha value is -3.64. The Bertz CT molecular complexity index is 1160. The lowest BCUT2D eigenvalue weighted by molar-refractivity contribution is 0.102. The Kier molecular flexibility index (Phi) is 5.77. The fourth-order valence-electron chi connectivity index (χ4n) is 2.86. The molecule has 1 heterocycles. The van der Waals surface area contributed by atoms with Crippen LogP contribution in [0, 0.1) is 6.92 Å². The van der Waals surface area contributed by atoms with Gasteiger partial charge in [0.05, 0.1) is 0 Å². The van der Waals surface area contributed by atoms with Gasteiger partial charge < -0.3 is 11.1 Å². The van der Waals surface area contributed by atoms with Crippen LogP contribution in [0.5, 0.6) is 0 Å². The van der Waals surface area contributed by atoms with Crippen molar-refractivity contribution < 1.29 is 4.79 Å². The second-order valence-electron chi connectivity index (χ2n) is 6.71. The molecule has 4 aromatic rings. The number of anilines is 2. The minimum atomic E-state index is -0.257. The highest BCUT2D eigenvalue weighted by molar-refractivity contribution is 7.99. The van der Waals surface area contributed by atoms with Crippen LogP contribution in [0.15, 0.2) is 94.9 Å². The lowest BCUT2D eigenvalue weighted by Crippen LogP contribution is -2.15. The third kappa shape index (κ3) is 4.50. The molecule has 0 saturated heterocycles. The van der Waals surface area contributed by atoms with E-state index in [1.54, 1.807) is 12.1 Å². The number of hydrogen-bond acceptors (Lipinski definition) is 5. The lowest BCUT2D eigenvalue weighted by atomic mass is 10.1. The molecule has 0 unspecified atom stereocenters. The zero-order valence-corrected chi connectivity index (χ0v) is 17.2. The Balaban J connectivity index is 1.74. The predicted octanol–water partition coefficient (Wildman–Crippen LogP) is 5.44. The normalized spacial score (nSPS) is 10.6. The van der Waals surface area contributed by atoms with Gasteiger partial charge in [0.1, 0.15) is 10.7 Å². The molecule has 6 heteroatoms. The highest BCUT2D eigenvalue weighted by Crippen LogP contribution is 2.36. The van der Waals surface area contributed by atoms with Crippen LogP contribution in [-0.2, 0) is 0 Å². The highest BCUT2D eigenvalue weighted by atomic mass is 32.2. The monoisotopic (exact) mass is 412 g/mol. The van der Waals surface area contributed by atoms with Gasteiger partial charge in [0, 0.05) is 16.0 Å². The van der Waals surface area contributed by atoms with E-state index in [1.807, 2.05) is 79.7 Å². The molecule has 0 bridgehead atoms. The Morgan fingerprint density at radius 3 is 2.17 bits per heavy atom. The van der Waals surface area contributed by atoms with E-state index in [0.29, 0.717) is 22.1 Å². The van der Waals surface area contributed by atoms with Gasteiger partial charge in [-0.05, 0) is 31.2 Å². The largest absolute Gasteiger partial charge is 0.382 e. The Labute approximate surface area is 179 Å². The SMILES string of the molecule is Cc1ccc(C(=O)Nc2c(N)nc(-c3ccccc3)nc2Sc2ccccc2)cc1. The molecule has 3 N–H and O–H groups in total. The van der Waals surface area contributed by atoms with Crippen LogP contribution in [0.25, 0.3) is 11.4 Å². The van der Waals surface area contributed by atoms with Crippen molar-refractivity contribution in [2.75, 3.05) is 11.1 Å². The summed E-state index contributed by atoms with van der Waals surface area (Å²) in [6, 6.07) is 26.8. The number of carbonyl (C=O) groups excluding carboxylic acids is 1. The van der Waals surface area contributed by atoms with Crippen LogP contribution in [0.4, 0.5) is 11.5 Å². The zero-order valence-electron chi connectivity index (χ0n) is 16.4. The molecule has 0 saturated carbocycles. The molecule has 0 aliphatic heterocycles. The molecule has 3 aromatic carbocycles. The van der Waals surface area contributed by atoms with Crippen LogP contribution >= 0.6 is 11.8 Å². The molecule has 5 nitrogen and oxygen atoms in total. The summed E-state index contributed by atoms with van der Waals surface area (Å²) in [5.74, 6) is 0.482. The van der Waals surface area contributed by atoms with Crippen molar-refractivity contribution in [2.24, 2.45) is 0 Å². The van der Waals surface area contributed by atoms with Gasteiger partial charge in [0.2, 0.25) is 0 Å². The van der Waals surface area contributed by atoms with Crippen molar-refractivity contribution in [3.8, 4) is 11.4 Å². The first-order chi connectivity index (χ1) is 14.6. The van der Waals surface area contributed by atoms with E-state index >= 15 is 0 Å². The number of benzene rings is 3. The summed E-state index contributed by atoms with van der Waals surface area (Å²) < 4.78 is 0. The fraction of sp³-hybridized carbons (Fsp3) is 0.0417. The Morgan fingerprint density at radius 2 is 1.50 bits per heavy atom. The molecule has 0 aliphatic rings. The maximum Gasteiger partial charge on any atom is 0.255 e. The summed E-state index contributed by atoms with van der Waals surface area (Å²) in [6.07, 6.45) is 0. The number of nitrogen functional groups attached to an aromatic ring is 1. The van der Waals surface area contributed by atoms with Crippen LogP contribution in [-0.4, -0.2) is 15.9 Å². The van der Waals surface area contributed by atoms with Crippen molar-refractivity contribution in [1.82, 2.24) is 9.97 Å². The molecule has 0 fully saturated rings. The smallest absolute Gasteiger partial charge is 0.255 e. The lowest BCUT2D eigenvalue weighted by Gasteiger charge is -2.14. The molecule has 1 amide bonds. The molecular weight excluding hydrogens is 392 g/mol. The summed E-state index contributed by atoms with van der Waals surface area (Å²) in [6.45, 7) is 1.98. The molecule has 30 heavy (non-hydrogen) atoms. The van der Waals surface area contributed by atoms with Gasteiger partial charge in [-0.15, -0.1) is 0 Å². The van der Waals surface area contributed by atoms with Crippen LogP contribution in [0.2, 0.25) is 0 Å². The molecule has 4 rings (SSSR count). The van der Waals surface area contributed by atoms with E-state index in [4.69, 9.17) is 10.7 Å². The van der Waals surface area contributed by atoms with Crippen molar-refractivity contribution in [1.29, 1.82) is 0 Å². The number of carbonyl (C=O) groups is 1. The molecule has 1 aromatic heterocycles. The van der Waals surface area contributed by atoms with E-state index in [-0.39, 0.29) is 11.7 Å². The summed E-state index contributed by atoms with van der Waals surface area (Å²) in [5, 5.41) is 3.49. The van der Waals surface area contributed by atoms with Crippen molar-refractivity contribution in [2.45, 2.75) is 16.8 Å². The van der Waals surface area contributed by atoms with Gasteiger partial charge in [-0.3, -0.25) is 4.79 Å². The van der Waals surface area contributed by atoms with Crippen LogP contribution < -0.4 is 11.1 Å². The van der Waals surface area contributed by atoms with Crippen molar-refractivity contribution in [3.63, 3.8) is 0 Å². The average Bonchev–Trinajstić information content (AvgIpc) is 2.77. The standard InChI is InChI=1S/C24H20N4OS/c1-16-12-14-18(15-13-16)23(29)26-20-21(25)27-22(17-8-4-2-5-9-17)28-24(20)30-19-10-6-3-7-11-19/h2-15H,1H3,(H,26,29)(H2,25,27,28). The second kappa shape index (κ2) is 8.80. The summed E-state index contributed by atoms with van der Waals surface area (Å²) >= 11 is 1.43. The molecule has 148 valence electrons. The first kappa shape index (κ1) is 19.7. The third-order valence-electron chi connectivity index (χ3n) is 4.45. The molecular formula is C24H20N4OS. The van der Waals surface area contributed by atoms with E-state index in [9.17, 15) is 4.79 Å². The van der Waals surface area contributed by atoms with Crippen molar-refractivity contribution >= 4 is 29.2 Å². The molecule has 0 atom stereocenters. The van der Waals surface area contributed by atoms with E-state index in [2.05, 4.69) is 10.3 Å². The Morgan fingerprint density at radius 1 is 0.867 bits per heavy atom. The van der Waals surface area contributed by atoms with E-state index in [0.717, 1.165) is 16.0 Å². The quantitative estimate of drug-likeness (QED) is 0.427. The number of hydrogen-bond donors (Lipinski definition) is 2. The maximum absolute atomic E-state index is 12.8. The number of nitrogens with zero attached hydrogens (tertiary/aromatic N) is 2. The van der Waals surface area contributed by atoms with E-state index in [1.165, 1.54) is 11.8 Å². The van der Waals surface area contributed by atoms with Gasteiger partial charge in [0.15, 0.2) is 11.6 Å². The fourth-order valence-corrected chi connectivity index (χ4v) is 3.76. The van der Waals surface area contributed by atoms with Crippen LogP contribution in [0.1, 0.15) is 15.9 Å². The number of rotatable bonds is 5. The zero-order chi connectivity index (χ0) is 20.9. The topological polar surface area (TPSA) is 80.9 Å². The minimum Gasteiger partial charge on any atom is -0.382 e. The third-order valence-corrected chi connectivity index (χ3v) is 5.44. The first-order valence-electron chi connectivity index (χ1n) is 9.44. The maximum atomic E-state index is 12.8. The average molecular weight is 413 g/mol. The van der Waals surface area contributed by atoms with Gasteiger partial charge in [-0.1, -0.05) is 78.0 Å². The minimum absolute atomic E-state index is 0.225. The number of nitrogens with one attached hydrogen (secondary N) is 1. The summed E-state index contributed by atoms with van der Waals surface area (Å²) in [5.41, 5.74) is 9.18. The first-order valence-corrected chi connectivity index (χ1v) is 10.3. The predicted molar refractivity (Wildman–Crippen MR) is 122 cm³/mol. The molecule has 0 aliphatic carbocycles. The number of aromatic nitrogens is 2. The molecule has 0 radical (unpaired) electrons. The van der Waals surface area contributed by atoms with Gasteiger partial charge in [-0.25, -0.2) is 9.97 Å². The highest BCUT2D eigenvalue weighted by Gasteiger charge is 2.18. The summed E-state index contributed by atoms with van der Waals surface area (Å²) in [4.78, 5) is 23.0. The van der Waals surface area contributed by atoms with Gasteiger partial charge in [-0.2, -0.15) is 0 Å². The number of nitrogens with two attached hydrogens (primary N) is 1.